The normalized spacial score (nSPS) is 17.3. The molecule has 0 saturated carbocycles. The smallest absolute Gasteiger partial charge is 0.239 e. The molecular weight excluding hydrogens is 264 g/mol. The fourth-order valence-electron chi connectivity index (χ4n) is 2.02. The number of benzene rings is 1. The van der Waals surface area contributed by atoms with Crippen molar-refractivity contribution >= 4 is 17.5 Å². The third-order valence-electron chi connectivity index (χ3n) is 3.22. The number of ether oxygens (including phenoxy) is 1. The molecule has 2 rings (SSSR count). The number of hydrogen-bond donors (Lipinski definition) is 1. The van der Waals surface area contributed by atoms with E-state index in [1.54, 1.807) is 0 Å². The van der Waals surface area contributed by atoms with Crippen molar-refractivity contribution in [2.75, 3.05) is 26.3 Å². The van der Waals surface area contributed by atoms with Crippen molar-refractivity contribution in [3.8, 4) is 0 Å². The standard InChI is InChI=1S/C14H19ClN2O2/c1-11(14(18)17-6-8-19-9-7-17)16-10-12-2-4-13(15)5-3-12/h2-5,11,16H,6-10H2,1H3. The Morgan fingerprint density at radius 2 is 2.00 bits per heavy atom. The monoisotopic (exact) mass is 282 g/mol. The molecule has 1 N–H and O–H groups in total. The summed E-state index contributed by atoms with van der Waals surface area (Å²) in [6, 6.07) is 7.44. The third kappa shape index (κ3) is 4.20. The van der Waals surface area contributed by atoms with Gasteiger partial charge < -0.3 is 15.0 Å². The van der Waals surface area contributed by atoms with Crippen molar-refractivity contribution in [2.24, 2.45) is 0 Å². The Balaban J connectivity index is 1.81. The van der Waals surface area contributed by atoms with E-state index in [1.165, 1.54) is 0 Å². The highest BCUT2D eigenvalue weighted by atomic mass is 35.5. The summed E-state index contributed by atoms with van der Waals surface area (Å²) >= 11 is 5.83. The molecule has 0 spiro atoms. The fourth-order valence-corrected chi connectivity index (χ4v) is 2.14. The Hall–Kier alpha value is -1.10. The highest BCUT2D eigenvalue weighted by molar-refractivity contribution is 6.30. The molecule has 1 saturated heterocycles. The Kier molecular flexibility index (Phi) is 5.19. The van der Waals surface area contributed by atoms with Crippen LogP contribution in [0.1, 0.15) is 12.5 Å². The molecule has 1 aromatic carbocycles. The van der Waals surface area contributed by atoms with Crippen LogP contribution < -0.4 is 5.32 Å². The Bertz CT molecular complexity index is 416. The minimum atomic E-state index is -0.186. The zero-order valence-electron chi connectivity index (χ0n) is 11.1. The van der Waals surface area contributed by atoms with E-state index in [2.05, 4.69) is 5.32 Å². The zero-order valence-corrected chi connectivity index (χ0v) is 11.8. The maximum absolute atomic E-state index is 12.2. The second-order valence-electron chi connectivity index (χ2n) is 4.67. The van der Waals surface area contributed by atoms with Crippen LogP contribution in [0.25, 0.3) is 0 Å². The minimum absolute atomic E-state index is 0.136. The van der Waals surface area contributed by atoms with Gasteiger partial charge in [0.1, 0.15) is 0 Å². The summed E-state index contributed by atoms with van der Waals surface area (Å²) in [6.07, 6.45) is 0. The summed E-state index contributed by atoms with van der Waals surface area (Å²) in [4.78, 5) is 14.0. The molecule has 1 aromatic rings. The van der Waals surface area contributed by atoms with Gasteiger partial charge in [-0.05, 0) is 24.6 Å². The molecule has 0 aliphatic carbocycles. The van der Waals surface area contributed by atoms with Gasteiger partial charge in [0, 0.05) is 24.7 Å². The van der Waals surface area contributed by atoms with Crippen LogP contribution in [0, 0.1) is 0 Å². The van der Waals surface area contributed by atoms with Gasteiger partial charge in [0.05, 0.1) is 19.3 Å². The molecule has 1 heterocycles. The van der Waals surface area contributed by atoms with E-state index >= 15 is 0 Å². The fraction of sp³-hybridized carbons (Fsp3) is 0.500. The molecule has 0 bridgehead atoms. The lowest BCUT2D eigenvalue weighted by atomic mass is 10.2. The molecule has 4 nitrogen and oxygen atoms in total. The second kappa shape index (κ2) is 6.89. The number of amides is 1. The lowest BCUT2D eigenvalue weighted by Crippen LogP contribution is -2.49. The van der Waals surface area contributed by atoms with Crippen molar-refractivity contribution in [1.29, 1.82) is 0 Å². The first-order chi connectivity index (χ1) is 9.16. The minimum Gasteiger partial charge on any atom is -0.378 e. The van der Waals surface area contributed by atoms with Crippen molar-refractivity contribution in [2.45, 2.75) is 19.5 Å². The predicted octanol–water partition coefficient (Wildman–Crippen LogP) is 1.68. The van der Waals surface area contributed by atoms with Crippen LogP contribution in [0.4, 0.5) is 0 Å². The van der Waals surface area contributed by atoms with Crippen LogP contribution in [0.5, 0.6) is 0 Å². The number of nitrogens with one attached hydrogen (secondary N) is 1. The number of hydrogen-bond acceptors (Lipinski definition) is 3. The molecule has 1 atom stereocenters. The maximum atomic E-state index is 12.2. The summed E-state index contributed by atoms with van der Waals surface area (Å²) in [5.74, 6) is 0.136. The molecule has 0 radical (unpaired) electrons. The van der Waals surface area contributed by atoms with Gasteiger partial charge in [-0.2, -0.15) is 0 Å². The molecule has 1 fully saturated rings. The summed E-state index contributed by atoms with van der Waals surface area (Å²) in [5.41, 5.74) is 1.12. The average molecular weight is 283 g/mol. The summed E-state index contributed by atoms with van der Waals surface area (Å²) < 4.78 is 5.24. The lowest BCUT2D eigenvalue weighted by molar-refractivity contribution is -0.137. The number of carbonyl (C=O) groups excluding carboxylic acids is 1. The largest absolute Gasteiger partial charge is 0.378 e. The van der Waals surface area contributed by atoms with Crippen LogP contribution in [0.15, 0.2) is 24.3 Å². The molecule has 104 valence electrons. The summed E-state index contributed by atoms with van der Waals surface area (Å²) in [7, 11) is 0. The van der Waals surface area contributed by atoms with Gasteiger partial charge in [0.25, 0.3) is 0 Å². The van der Waals surface area contributed by atoms with Crippen LogP contribution >= 0.6 is 11.6 Å². The van der Waals surface area contributed by atoms with E-state index in [0.717, 1.165) is 10.6 Å². The molecule has 1 amide bonds. The zero-order chi connectivity index (χ0) is 13.7. The van der Waals surface area contributed by atoms with E-state index in [4.69, 9.17) is 16.3 Å². The van der Waals surface area contributed by atoms with Gasteiger partial charge in [0.15, 0.2) is 0 Å². The number of halogens is 1. The number of carbonyl (C=O) groups is 1. The molecular formula is C14H19ClN2O2. The summed E-state index contributed by atoms with van der Waals surface area (Å²) in [6.45, 7) is 5.20. The van der Waals surface area contributed by atoms with Crippen LogP contribution in [0.2, 0.25) is 5.02 Å². The van der Waals surface area contributed by atoms with Gasteiger partial charge in [-0.1, -0.05) is 23.7 Å². The SMILES string of the molecule is CC(NCc1ccc(Cl)cc1)C(=O)N1CCOCC1. The first-order valence-corrected chi connectivity index (χ1v) is 6.89. The van der Waals surface area contributed by atoms with Crippen LogP contribution in [0.3, 0.4) is 0 Å². The average Bonchev–Trinajstić information content (AvgIpc) is 2.46. The van der Waals surface area contributed by atoms with E-state index in [-0.39, 0.29) is 11.9 Å². The van der Waals surface area contributed by atoms with Gasteiger partial charge in [0.2, 0.25) is 5.91 Å². The van der Waals surface area contributed by atoms with E-state index < -0.39 is 0 Å². The third-order valence-corrected chi connectivity index (χ3v) is 3.47. The van der Waals surface area contributed by atoms with Gasteiger partial charge in [-0.3, -0.25) is 4.79 Å². The lowest BCUT2D eigenvalue weighted by Gasteiger charge is -2.29. The quantitative estimate of drug-likeness (QED) is 0.914. The highest BCUT2D eigenvalue weighted by Gasteiger charge is 2.21. The Morgan fingerprint density at radius 1 is 1.37 bits per heavy atom. The van der Waals surface area contributed by atoms with Crippen LogP contribution in [-0.2, 0) is 16.1 Å². The molecule has 1 aliphatic heterocycles. The van der Waals surface area contributed by atoms with E-state index in [1.807, 2.05) is 36.1 Å². The van der Waals surface area contributed by atoms with E-state index in [0.29, 0.717) is 32.8 Å². The molecule has 19 heavy (non-hydrogen) atoms. The molecule has 1 unspecified atom stereocenters. The van der Waals surface area contributed by atoms with Crippen molar-refractivity contribution in [3.63, 3.8) is 0 Å². The maximum Gasteiger partial charge on any atom is 0.239 e. The number of rotatable bonds is 4. The van der Waals surface area contributed by atoms with Gasteiger partial charge >= 0.3 is 0 Å². The van der Waals surface area contributed by atoms with Crippen molar-refractivity contribution < 1.29 is 9.53 Å². The number of nitrogens with zero attached hydrogens (tertiary/aromatic N) is 1. The highest BCUT2D eigenvalue weighted by Crippen LogP contribution is 2.09. The van der Waals surface area contributed by atoms with Crippen LogP contribution in [-0.4, -0.2) is 43.2 Å². The van der Waals surface area contributed by atoms with Crippen molar-refractivity contribution in [3.05, 3.63) is 34.9 Å². The molecule has 5 heteroatoms. The predicted molar refractivity (Wildman–Crippen MR) is 75.2 cm³/mol. The van der Waals surface area contributed by atoms with Gasteiger partial charge in [-0.15, -0.1) is 0 Å². The Morgan fingerprint density at radius 3 is 2.63 bits per heavy atom. The molecule has 1 aliphatic rings. The second-order valence-corrected chi connectivity index (χ2v) is 5.10. The number of morpholine rings is 1. The molecule has 0 aromatic heterocycles. The topological polar surface area (TPSA) is 41.6 Å². The summed E-state index contributed by atoms with van der Waals surface area (Å²) in [5, 5.41) is 3.96. The first kappa shape index (κ1) is 14.3. The first-order valence-electron chi connectivity index (χ1n) is 6.51. The van der Waals surface area contributed by atoms with E-state index in [9.17, 15) is 4.79 Å². The van der Waals surface area contributed by atoms with Gasteiger partial charge in [-0.25, -0.2) is 0 Å². The van der Waals surface area contributed by atoms with Crippen molar-refractivity contribution in [1.82, 2.24) is 10.2 Å². The Labute approximate surface area is 118 Å².